The lowest BCUT2D eigenvalue weighted by atomic mass is 10.2. The molecule has 7 heteroatoms. The van der Waals surface area contributed by atoms with Crippen molar-refractivity contribution in [1.29, 1.82) is 0 Å². The summed E-state index contributed by atoms with van der Waals surface area (Å²) in [6, 6.07) is 14.7. The first-order valence-corrected chi connectivity index (χ1v) is 9.19. The maximum atomic E-state index is 13.2. The lowest BCUT2D eigenvalue weighted by molar-refractivity contribution is 0.102. The van der Waals surface area contributed by atoms with Crippen LogP contribution >= 0.6 is 0 Å². The SMILES string of the molecule is O=C(Nc1c2c(nn1-c1ccc(F)cc1)CS(=O)C2)c1ccccc1. The number of aromatic nitrogens is 2. The van der Waals surface area contributed by atoms with E-state index in [0.717, 1.165) is 5.56 Å². The molecule has 126 valence electrons. The summed E-state index contributed by atoms with van der Waals surface area (Å²) in [4.78, 5) is 12.5. The van der Waals surface area contributed by atoms with Gasteiger partial charge in [0, 0.05) is 21.9 Å². The van der Waals surface area contributed by atoms with Crippen LogP contribution < -0.4 is 5.32 Å². The molecule has 1 N–H and O–H groups in total. The Labute approximate surface area is 145 Å². The third-order valence-corrected chi connectivity index (χ3v) is 5.21. The Morgan fingerprint density at radius 3 is 2.52 bits per heavy atom. The first-order chi connectivity index (χ1) is 12.1. The second-order valence-corrected chi connectivity index (χ2v) is 7.17. The van der Waals surface area contributed by atoms with Crippen LogP contribution in [-0.4, -0.2) is 19.9 Å². The molecule has 0 aliphatic carbocycles. The maximum Gasteiger partial charge on any atom is 0.256 e. The Morgan fingerprint density at radius 2 is 1.80 bits per heavy atom. The van der Waals surface area contributed by atoms with Crippen molar-refractivity contribution in [3.8, 4) is 5.69 Å². The fourth-order valence-corrected chi connectivity index (χ4v) is 4.06. The minimum Gasteiger partial charge on any atom is -0.306 e. The van der Waals surface area contributed by atoms with Crippen molar-refractivity contribution in [3.63, 3.8) is 0 Å². The highest BCUT2D eigenvalue weighted by Gasteiger charge is 2.28. The molecule has 1 atom stereocenters. The van der Waals surface area contributed by atoms with Crippen LogP contribution in [0.3, 0.4) is 0 Å². The van der Waals surface area contributed by atoms with Gasteiger partial charge in [-0.3, -0.25) is 9.00 Å². The van der Waals surface area contributed by atoms with Crippen LogP contribution in [0.4, 0.5) is 10.2 Å². The highest BCUT2D eigenvalue weighted by atomic mass is 32.2. The second-order valence-electron chi connectivity index (χ2n) is 5.71. The van der Waals surface area contributed by atoms with Gasteiger partial charge < -0.3 is 5.32 Å². The van der Waals surface area contributed by atoms with Crippen LogP contribution in [0.5, 0.6) is 0 Å². The molecule has 1 unspecified atom stereocenters. The molecule has 3 aromatic rings. The fraction of sp³-hybridized carbons (Fsp3) is 0.111. The van der Waals surface area contributed by atoms with Gasteiger partial charge >= 0.3 is 0 Å². The Morgan fingerprint density at radius 1 is 1.08 bits per heavy atom. The summed E-state index contributed by atoms with van der Waals surface area (Å²) >= 11 is 0. The number of benzene rings is 2. The zero-order chi connectivity index (χ0) is 17.4. The number of fused-ring (bicyclic) bond motifs is 1. The van der Waals surface area contributed by atoms with Crippen LogP contribution in [0.15, 0.2) is 54.6 Å². The van der Waals surface area contributed by atoms with Gasteiger partial charge in [-0.1, -0.05) is 18.2 Å². The zero-order valence-electron chi connectivity index (χ0n) is 13.1. The second kappa shape index (κ2) is 6.25. The van der Waals surface area contributed by atoms with E-state index in [1.165, 1.54) is 12.1 Å². The maximum absolute atomic E-state index is 13.2. The number of rotatable bonds is 3. The van der Waals surface area contributed by atoms with E-state index in [1.807, 2.05) is 6.07 Å². The molecule has 0 bridgehead atoms. The summed E-state index contributed by atoms with van der Waals surface area (Å²) < 4.78 is 26.6. The summed E-state index contributed by atoms with van der Waals surface area (Å²) in [6.45, 7) is 0. The van der Waals surface area contributed by atoms with Crippen molar-refractivity contribution in [3.05, 3.63) is 77.2 Å². The van der Waals surface area contributed by atoms with Gasteiger partial charge in [-0.15, -0.1) is 0 Å². The van der Waals surface area contributed by atoms with Gasteiger partial charge in [-0.2, -0.15) is 5.10 Å². The first kappa shape index (κ1) is 15.7. The van der Waals surface area contributed by atoms with E-state index in [9.17, 15) is 13.4 Å². The van der Waals surface area contributed by atoms with Crippen molar-refractivity contribution in [2.24, 2.45) is 0 Å². The number of carbonyl (C=O) groups excluding carboxylic acids is 1. The third kappa shape index (κ3) is 2.98. The van der Waals surface area contributed by atoms with E-state index in [0.29, 0.717) is 34.3 Å². The first-order valence-electron chi connectivity index (χ1n) is 7.70. The minimum absolute atomic E-state index is 0.274. The highest BCUT2D eigenvalue weighted by molar-refractivity contribution is 7.83. The summed E-state index contributed by atoms with van der Waals surface area (Å²) in [6.07, 6.45) is 0. The van der Waals surface area contributed by atoms with Gasteiger partial charge in [0.15, 0.2) is 0 Å². The monoisotopic (exact) mass is 355 g/mol. The van der Waals surface area contributed by atoms with Gasteiger partial charge in [0.1, 0.15) is 11.6 Å². The predicted molar refractivity (Wildman–Crippen MR) is 93.5 cm³/mol. The number of amides is 1. The quantitative estimate of drug-likeness (QED) is 0.785. The average Bonchev–Trinajstić information content (AvgIpc) is 3.13. The minimum atomic E-state index is -1.01. The molecule has 4 rings (SSSR count). The summed E-state index contributed by atoms with van der Waals surface area (Å²) in [5.41, 5.74) is 2.62. The molecule has 0 saturated carbocycles. The molecule has 2 heterocycles. The number of nitrogens with one attached hydrogen (secondary N) is 1. The van der Waals surface area contributed by atoms with Gasteiger partial charge in [-0.25, -0.2) is 9.07 Å². The van der Waals surface area contributed by atoms with Gasteiger partial charge in [-0.05, 0) is 36.4 Å². The molecular weight excluding hydrogens is 341 g/mol. The molecule has 1 amide bonds. The Kier molecular flexibility index (Phi) is 3.93. The van der Waals surface area contributed by atoms with Crippen LogP contribution in [0.25, 0.3) is 5.69 Å². The number of halogens is 1. The van der Waals surface area contributed by atoms with Crippen LogP contribution in [0.2, 0.25) is 0 Å². The van der Waals surface area contributed by atoms with Crippen LogP contribution in [0, 0.1) is 5.82 Å². The number of nitrogens with zero attached hydrogens (tertiary/aromatic N) is 2. The molecular formula is C18H14FN3O2S. The van der Waals surface area contributed by atoms with E-state index in [2.05, 4.69) is 10.4 Å². The Hall–Kier alpha value is -2.80. The largest absolute Gasteiger partial charge is 0.306 e. The van der Waals surface area contributed by atoms with E-state index >= 15 is 0 Å². The van der Waals surface area contributed by atoms with Crippen molar-refractivity contribution < 1.29 is 13.4 Å². The molecule has 1 aromatic heterocycles. The van der Waals surface area contributed by atoms with E-state index in [4.69, 9.17) is 0 Å². The Balaban J connectivity index is 1.76. The van der Waals surface area contributed by atoms with E-state index in [-0.39, 0.29) is 11.7 Å². The van der Waals surface area contributed by atoms with Crippen molar-refractivity contribution >= 4 is 22.5 Å². The number of carbonyl (C=O) groups is 1. The highest BCUT2D eigenvalue weighted by Crippen LogP contribution is 2.31. The lowest BCUT2D eigenvalue weighted by Gasteiger charge is -2.11. The number of anilines is 1. The van der Waals surface area contributed by atoms with Crippen molar-refractivity contribution in [2.45, 2.75) is 11.5 Å². The van der Waals surface area contributed by atoms with Crippen molar-refractivity contribution in [1.82, 2.24) is 9.78 Å². The topological polar surface area (TPSA) is 64.0 Å². The number of hydrogen-bond donors (Lipinski definition) is 1. The average molecular weight is 355 g/mol. The third-order valence-electron chi connectivity index (χ3n) is 4.01. The molecule has 5 nitrogen and oxygen atoms in total. The van der Waals surface area contributed by atoms with Gasteiger partial charge in [0.25, 0.3) is 5.91 Å². The fourth-order valence-electron chi connectivity index (χ4n) is 2.79. The van der Waals surface area contributed by atoms with Crippen LogP contribution in [-0.2, 0) is 22.3 Å². The smallest absolute Gasteiger partial charge is 0.256 e. The summed E-state index contributed by atoms with van der Waals surface area (Å²) in [7, 11) is -1.01. The molecule has 0 radical (unpaired) electrons. The molecule has 0 spiro atoms. The number of hydrogen-bond acceptors (Lipinski definition) is 3. The molecule has 1 aliphatic rings. The molecule has 25 heavy (non-hydrogen) atoms. The van der Waals surface area contributed by atoms with E-state index < -0.39 is 10.8 Å². The van der Waals surface area contributed by atoms with Crippen molar-refractivity contribution in [2.75, 3.05) is 5.32 Å². The summed E-state index contributed by atoms with van der Waals surface area (Å²) in [5, 5.41) is 7.35. The normalized spacial score (nSPS) is 15.8. The Bertz CT molecular complexity index is 968. The van der Waals surface area contributed by atoms with Gasteiger partial charge in [0.2, 0.25) is 0 Å². The molecule has 2 aromatic carbocycles. The standard InChI is InChI=1S/C18H14FN3O2S/c19-13-6-8-14(9-7-13)22-17(15-10-25(24)11-16(15)21-22)20-18(23)12-4-2-1-3-5-12/h1-9H,10-11H2,(H,20,23). The lowest BCUT2D eigenvalue weighted by Crippen LogP contribution is -2.16. The molecule has 0 fully saturated rings. The predicted octanol–water partition coefficient (Wildman–Crippen LogP) is 3.03. The van der Waals surface area contributed by atoms with Crippen LogP contribution in [0.1, 0.15) is 21.6 Å². The zero-order valence-corrected chi connectivity index (χ0v) is 13.9. The molecule has 1 aliphatic heterocycles. The molecule has 0 saturated heterocycles. The van der Waals surface area contributed by atoms with Gasteiger partial charge in [0.05, 0.1) is 22.9 Å². The van der Waals surface area contributed by atoms with E-state index in [1.54, 1.807) is 41.1 Å². The summed E-state index contributed by atoms with van der Waals surface area (Å²) in [5.74, 6) is 0.573.